The Balaban J connectivity index is 2.33. The highest BCUT2D eigenvalue weighted by molar-refractivity contribution is 5.91. The zero-order valence-corrected chi connectivity index (χ0v) is 7.27. The van der Waals surface area contributed by atoms with Gasteiger partial charge in [-0.1, -0.05) is 18.2 Å². The van der Waals surface area contributed by atoms with E-state index in [1.54, 1.807) is 6.26 Å². The number of aromatic nitrogens is 3. The predicted octanol–water partition coefficient (Wildman–Crippen LogP) is 2.22. The number of nitrogens with one attached hydrogen (secondary N) is 1. The van der Waals surface area contributed by atoms with Crippen LogP contribution < -0.4 is 0 Å². The first-order valence-corrected chi connectivity index (χ1v) is 4.27. The van der Waals surface area contributed by atoms with Crippen molar-refractivity contribution in [3.8, 4) is 11.4 Å². The van der Waals surface area contributed by atoms with E-state index in [-0.39, 0.29) is 0 Å². The van der Waals surface area contributed by atoms with Crippen LogP contribution in [0.3, 0.4) is 0 Å². The number of oxazole rings is 1. The van der Waals surface area contributed by atoms with Crippen molar-refractivity contribution in [3.05, 3.63) is 36.9 Å². The van der Waals surface area contributed by atoms with E-state index < -0.39 is 0 Å². The van der Waals surface area contributed by atoms with Crippen LogP contribution >= 0.6 is 0 Å². The van der Waals surface area contributed by atoms with Crippen molar-refractivity contribution in [1.29, 1.82) is 0 Å². The molecule has 0 amide bonds. The van der Waals surface area contributed by atoms with Crippen molar-refractivity contribution in [2.45, 2.75) is 0 Å². The van der Waals surface area contributed by atoms with Crippen LogP contribution in [-0.4, -0.2) is 15.2 Å². The Kier molecular flexibility index (Phi) is 1.41. The second-order valence-corrected chi connectivity index (χ2v) is 2.99. The molecule has 0 fully saturated rings. The molecular weight excluding hydrogens is 178 g/mol. The molecule has 4 heteroatoms. The van der Waals surface area contributed by atoms with Gasteiger partial charge in [-0.2, -0.15) is 5.10 Å². The summed E-state index contributed by atoms with van der Waals surface area (Å²) >= 11 is 0. The molecule has 0 bridgehead atoms. The molecule has 3 aromatic rings. The van der Waals surface area contributed by atoms with Crippen LogP contribution in [0.25, 0.3) is 22.3 Å². The van der Waals surface area contributed by atoms with Crippen LogP contribution in [0, 0.1) is 0 Å². The number of hydrogen-bond donors (Lipinski definition) is 1. The number of benzene rings is 1. The Labute approximate surface area is 79.6 Å². The molecule has 0 radical (unpaired) electrons. The summed E-state index contributed by atoms with van der Waals surface area (Å²) in [6.45, 7) is 0. The molecule has 2 heterocycles. The second-order valence-electron chi connectivity index (χ2n) is 2.99. The fraction of sp³-hybridized carbons (Fsp3) is 0. The first-order valence-electron chi connectivity index (χ1n) is 4.27. The summed E-state index contributed by atoms with van der Waals surface area (Å²) in [5.74, 6) is 0. The molecule has 0 saturated heterocycles. The number of hydrogen-bond acceptors (Lipinski definition) is 3. The minimum atomic E-state index is 0.752. The topological polar surface area (TPSA) is 54.7 Å². The minimum absolute atomic E-state index is 0.752. The lowest BCUT2D eigenvalue weighted by molar-refractivity contribution is 0.558. The Bertz CT molecular complexity index is 554. The van der Waals surface area contributed by atoms with E-state index in [1.165, 1.54) is 6.39 Å². The van der Waals surface area contributed by atoms with Gasteiger partial charge in [0.1, 0.15) is 17.7 Å². The maximum Gasteiger partial charge on any atom is 0.181 e. The summed E-state index contributed by atoms with van der Waals surface area (Å²) < 4.78 is 4.92. The Morgan fingerprint density at radius 3 is 3.00 bits per heavy atom. The number of H-pyrrole nitrogens is 1. The lowest BCUT2D eigenvalue weighted by Gasteiger charge is -1.89. The van der Waals surface area contributed by atoms with Crippen LogP contribution in [-0.2, 0) is 0 Å². The molecule has 0 saturated carbocycles. The van der Waals surface area contributed by atoms with Gasteiger partial charge in [0.25, 0.3) is 0 Å². The molecule has 3 rings (SSSR count). The predicted molar refractivity (Wildman–Crippen MR) is 51.6 cm³/mol. The summed E-state index contributed by atoms with van der Waals surface area (Å²) in [7, 11) is 0. The first-order chi connectivity index (χ1) is 6.95. The Morgan fingerprint density at radius 1 is 1.21 bits per heavy atom. The van der Waals surface area contributed by atoms with Crippen LogP contribution in [0.2, 0.25) is 0 Å². The van der Waals surface area contributed by atoms with E-state index in [0.29, 0.717) is 0 Å². The molecular formula is C10H7N3O. The molecule has 0 aliphatic rings. The second kappa shape index (κ2) is 2.70. The molecule has 4 nitrogen and oxygen atoms in total. The first kappa shape index (κ1) is 7.32. The Morgan fingerprint density at radius 2 is 2.14 bits per heavy atom. The van der Waals surface area contributed by atoms with Gasteiger partial charge in [0, 0.05) is 5.39 Å². The van der Waals surface area contributed by atoms with E-state index in [1.807, 2.05) is 24.3 Å². The number of para-hydroxylation sites is 1. The third-order valence-electron chi connectivity index (χ3n) is 2.15. The van der Waals surface area contributed by atoms with E-state index >= 15 is 0 Å². The van der Waals surface area contributed by atoms with Crippen LogP contribution in [0.15, 0.2) is 41.3 Å². The van der Waals surface area contributed by atoms with Gasteiger partial charge in [-0.3, -0.25) is 5.10 Å². The fourth-order valence-corrected chi connectivity index (χ4v) is 1.49. The van der Waals surface area contributed by atoms with E-state index in [0.717, 1.165) is 22.3 Å². The number of fused-ring (bicyclic) bond motifs is 1. The van der Waals surface area contributed by atoms with Crippen LogP contribution in [0.5, 0.6) is 0 Å². The maximum absolute atomic E-state index is 4.92. The molecule has 0 atom stereocenters. The third-order valence-corrected chi connectivity index (χ3v) is 2.15. The highest BCUT2D eigenvalue weighted by atomic mass is 16.3. The highest BCUT2D eigenvalue weighted by Crippen LogP contribution is 2.23. The smallest absolute Gasteiger partial charge is 0.181 e. The fourth-order valence-electron chi connectivity index (χ4n) is 1.49. The average molecular weight is 185 g/mol. The van der Waals surface area contributed by atoms with Crippen molar-refractivity contribution in [3.63, 3.8) is 0 Å². The highest BCUT2D eigenvalue weighted by Gasteiger charge is 2.08. The van der Waals surface area contributed by atoms with Crippen molar-refractivity contribution >= 4 is 10.9 Å². The van der Waals surface area contributed by atoms with Gasteiger partial charge in [-0.25, -0.2) is 4.98 Å². The van der Waals surface area contributed by atoms with Gasteiger partial charge in [0.15, 0.2) is 6.39 Å². The molecule has 0 aliphatic heterocycles. The maximum atomic E-state index is 4.92. The molecule has 2 aromatic heterocycles. The summed E-state index contributed by atoms with van der Waals surface area (Å²) in [4.78, 5) is 4.06. The van der Waals surface area contributed by atoms with Gasteiger partial charge >= 0.3 is 0 Å². The molecule has 0 aliphatic carbocycles. The minimum Gasteiger partial charge on any atom is -0.451 e. The van der Waals surface area contributed by atoms with Gasteiger partial charge < -0.3 is 4.42 Å². The lowest BCUT2D eigenvalue weighted by atomic mass is 10.2. The summed E-state index contributed by atoms with van der Waals surface area (Å²) in [5.41, 5.74) is 2.59. The number of rotatable bonds is 1. The van der Waals surface area contributed by atoms with Crippen LogP contribution in [0.1, 0.15) is 0 Å². The van der Waals surface area contributed by atoms with Crippen molar-refractivity contribution < 1.29 is 4.42 Å². The van der Waals surface area contributed by atoms with Crippen LogP contribution in [0.4, 0.5) is 0 Å². The lowest BCUT2D eigenvalue weighted by Crippen LogP contribution is -1.76. The molecule has 1 aromatic carbocycles. The summed E-state index contributed by atoms with van der Waals surface area (Å²) in [6, 6.07) is 7.92. The standard InChI is InChI=1S/C10H7N3O/c1-2-4-8-7(3-1)10(13-12-8)9-5-14-6-11-9/h1-6H,(H,12,13). The summed E-state index contributed by atoms with van der Waals surface area (Å²) in [5, 5.41) is 8.19. The molecule has 14 heavy (non-hydrogen) atoms. The largest absolute Gasteiger partial charge is 0.451 e. The summed E-state index contributed by atoms with van der Waals surface area (Å²) in [6.07, 6.45) is 2.99. The monoisotopic (exact) mass is 185 g/mol. The van der Waals surface area contributed by atoms with Gasteiger partial charge in [-0.05, 0) is 6.07 Å². The zero-order valence-electron chi connectivity index (χ0n) is 7.27. The van der Waals surface area contributed by atoms with Gasteiger partial charge in [0.05, 0.1) is 5.52 Å². The van der Waals surface area contributed by atoms with Gasteiger partial charge in [0.2, 0.25) is 0 Å². The molecule has 1 N–H and O–H groups in total. The van der Waals surface area contributed by atoms with Crippen molar-refractivity contribution in [1.82, 2.24) is 15.2 Å². The van der Waals surface area contributed by atoms with E-state index in [2.05, 4.69) is 15.2 Å². The quantitative estimate of drug-likeness (QED) is 0.632. The van der Waals surface area contributed by atoms with Crippen molar-refractivity contribution in [2.75, 3.05) is 0 Å². The molecule has 0 unspecified atom stereocenters. The molecule has 0 spiro atoms. The number of nitrogens with zero attached hydrogens (tertiary/aromatic N) is 2. The van der Waals surface area contributed by atoms with Crippen molar-refractivity contribution in [2.24, 2.45) is 0 Å². The van der Waals surface area contributed by atoms with Gasteiger partial charge in [-0.15, -0.1) is 0 Å². The SMILES string of the molecule is c1ccc2c(-c3cocn3)n[nH]c2c1. The van der Waals surface area contributed by atoms with E-state index in [9.17, 15) is 0 Å². The number of aromatic amines is 1. The Hall–Kier alpha value is -2.10. The average Bonchev–Trinajstić information content (AvgIpc) is 2.85. The van der Waals surface area contributed by atoms with E-state index in [4.69, 9.17) is 4.42 Å². The third kappa shape index (κ3) is 0.939. The molecule has 68 valence electrons. The normalized spacial score (nSPS) is 10.9. The zero-order chi connectivity index (χ0) is 9.38.